The molecule has 1 aliphatic rings. The predicted molar refractivity (Wildman–Crippen MR) is 93.0 cm³/mol. The summed E-state index contributed by atoms with van der Waals surface area (Å²) in [5.41, 5.74) is 1.05. The van der Waals surface area contributed by atoms with E-state index in [1.807, 2.05) is 30.3 Å². The van der Waals surface area contributed by atoms with Crippen LogP contribution >= 0.6 is 15.9 Å². The number of alkyl halides is 1. The number of benzene rings is 1. The molecule has 1 aliphatic heterocycles. The maximum absolute atomic E-state index is 12.5. The van der Waals surface area contributed by atoms with Crippen molar-refractivity contribution in [1.29, 1.82) is 0 Å². The van der Waals surface area contributed by atoms with Crippen molar-refractivity contribution in [3.63, 3.8) is 0 Å². The van der Waals surface area contributed by atoms with Crippen LogP contribution in [0.4, 0.5) is 0 Å². The molecule has 4 atom stereocenters. The summed E-state index contributed by atoms with van der Waals surface area (Å²) >= 11 is 3.42. The topological polar surface area (TPSA) is 66.4 Å². The summed E-state index contributed by atoms with van der Waals surface area (Å²) in [6, 6.07) is 9.73. The largest absolute Gasteiger partial charge is 0.396 e. The van der Waals surface area contributed by atoms with Crippen LogP contribution in [0.25, 0.3) is 0 Å². The summed E-state index contributed by atoms with van der Waals surface area (Å²) < 4.78 is 24.5. The van der Waals surface area contributed by atoms with Gasteiger partial charge in [-0.2, -0.15) is 0 Å². The average molecular weight is 390 g/mol. The van der Waals surface area contributed by atoms with E-state index >= 15 is 0 Å². The number of nitrogens with one attached hydrogen (secondary N) is 1. The predicted octanol–water partition coefficient (Wildman–Crippen LogP) is 2.43. The van der Waals surface area contributed by atoms with Crippen LogP contribution in [0, 0.1) is 0 Å². The Morgan fingerprint density at radius 2 is 1.86 bits per heavy atom. The van der Waals surface area contributed by atoms with Gasteiger partial charge < -0.3 is 10.4 Å². The molecule has 1 fully saturated rings. The first-order valence-corrected chi connectivity index (χ1v) is 10.3. The van der Waals surface area contributed by atoms with E-state index in [1.165, 1.54) is 0 Å². The molecule has 124 valence electrons. The van der Waals surface area contributed by atoms with Gasteiger partial charge in [-0.05, 0) is 38.3 Å². The first-order valence-electron chi connectivity index (χ1n) is 7.76. The Morgan fingerprint density at radius 3 is 2.50 bits per heavy atom. The van der Waals surface area contributed by atoms with E-state index in [0.29, 0.717) is 0 Å². The van der Waals surface area contributed by atoms with Crippen molar-refractivity contribution in [1.82, 2.24) is 5.32 Å². The van der Waals surface area contributed by atoms with Gasteiger partial charge in [-0.3, -0.25) is 0 Å². The van der Waals surface area contributed by atoms with Crippen molar-refractivity contribution in [3.05, 3.63) is 35.9 Å². The second-order valence-corrected chi connectivity index (χ2v) is 9.87. The van der Waals surface area contributed by atoms with Crippen molar-refractivity contribution < 1.29 is 13.5 Å². The summed E-state index contributed by atoms with van der Waals surface area (Å²) in [6.07, 6.45) is 2.69. The smallest absolute Gasteiger partial charge is 0.167 e. The van der Waals surface area contributed by atoms with Gasteiger partial charge in [0.25, 0.3) is 0 Å². The Labute approximate surface area is 141 Å². The van der Waals surface area contributed by atoms with Crippen molar-refractivity contribution in [2.75, 3.05) is 13.2 Å². The molecule has 6 heteroatoms. The minimum atomic E-state index is -3.18. The van der Waals surface area contributed by atoms with Gasteiger partial charge in [0, 0.05) is 18.6 Å². The third-order valence-electron chi connectivity index (χ3n) is 4.41. The van der Waals surface area contributed by atoms with Gasteiger partial charge in [-0.15, -0.1) is 0 Å². The van der Waals surface area contributed by atoms with Crippen molar-refractivity contribution in [2.45, 2.75) is 47.6 Å². The minimum absolute atomic E-state index is 0.0842. The number of aliphatic hydroxyl groups excluding tert-OH is 1. The fourth-order valence-electron chi connectivity index (χ4n) is 3.08. The summed E-state index contributed by atoms with van der Waals surface area (Å²) in [5.74, 6) is -0.0842. The number of hydrogen-bond donors (Lipinski definition) is 2. The summed E-state index contributed by atoms with van der Waals surface area (Å²) in [5, 5.41) is 11.8. The molecule has 0 spiro atoms. The molecule has 1 aromatic carbocycles. The van der Waals surface area contributed by atoms with Crippen molar-refractivity contribution in [2.24, 2.45) is 0 Å². The van der Waals surface area contributed by atoms with Gasteiger partial charge in [0.1, 0.15) is 4.16 Å². The van der Waals surface area contributed by atoms with Crippen LogP contribution in [0.5, 0.6) is 0 Å². The van der Waals surface area contributed by atoms with Crippen LogP contribution in [-0.2, 0) is 9.84 Å². The number of sulfone groups is 1. The Morgan fingerprint density at radius 1 is 1.18 bits per heavy atom. The SMILES string of the molecule is CC1C(NCCCCCO)C(c2ccccc2)C(Br)S1(=O)=O. The number of rotatable bonds is 7. The maximum Gasteiger partial charge on any atom is 0.167 e. The van der Waals surface area contributed by atoms with Gasteiger partial charge in [0.05, 0.1) is 5.25 Å². The standard InChI is InChI=1S/C16H24BrNO3S/c1-12-15(18-10-6-3-7-11-19)14(16(17)22(12,20)21)13-8-4-2-5-9-13/h2,4-5,8-9,12,14-16,18-19H,3,6-7,10-11H2,1H3. The zero-order valence-corrected chi connectivity index (χ0v) is 15.2. The zero-order chi connectivity index (χ0) is 16.2. The van der Waals surface area contributed by atoms with E-state index in [9.17, 15) is 8.42 Å². The lowest BCUT2D eigenvalue weighted by Crippen LogP contribution is -2.40. The van der Waals surface area contributed by atoms with Crippen LogP contribution in [0.1, 0.15) is 37.7 Å². The molecule has 4 nitrogen and oxygen atoms in total. The molecular weight excluding hydrogens is 366 g/mol. The second-order valence-electron chi connectivity index (χ2n) is 5.85. The molecule has 4 unspecified atom stereocenters. The third kappa shape index (κ3) is 3.72. The van der Waals surface area contributed by atoms with Crippen LogP contribution in [-0.4, -0.2) is 42.1 Å². The lowest BCUT2D eigenvalue weighted by Gasteiger charge is -2.24. The van der Waals surface area contributed by atoms with Gasteiger partial charge >= 0.3 is 0 Å². The summed E-state index contributed by atoms with van der Waals surface area (Å²) in [6.45, 7) is 2.77. The van der Waals surface area contributed by atoms with E-state index in [0.717, 1.165) is 31.4 Å². The number of unbranched alkanes of at least 4 members (excludes halogenated alkanes) is 2. The Kier molecular flexibility index (Phi) is 6.44. The molecule has 2 N–H and O–H groups in total. The fraction of sp³-hybridized carbons (Fsp3) is 0.625. The van der Waals surface area contributed by atoms with Gasteiger partial charge in [0.15, 0.2) is 9.84 Å². The molecule has 1 heterocycles. The zero-order valence-electron chi connectivity index (χ0n) is 12.8. The lowest BCUT2D eigenvalue weighted by molar-refractivity contribution is 0.282. The molecule has 1 saturated heterocycles. The molecule has 22 heavy (non-hydrogen) atoms. The average Bonchev–Trinajstić information content (AvgIpc) is 2.69. The molecule has 1 aromatic rings. The number of aliphatic hydroxyl groups is 1. The normalized spacial score (nSPS) is 30.5. The molecule has 0 radical (unpaired) electrons. The third-order valence-corrected chi connectivity index (χ3v) is 8.79. The first-order chi connectivity index (χ1) is 10.5. The quantitative estimate of drug-likeness (QED) is 0.555. The molecular formula is C16H24BrNO3S. The highest BCUT2D eigenvalue weighted by atomic mass is 79.9. The second kappa shape index (κ2) is 7.90. The lowest BCUT2D eigenvalue weighted by atomic mass is 9.91. The Balaban J connectivity index is 2.13. The molecule has 0 aromatic heterocycles. The van der Waals surface area contributed by atoms with Crippen LogP contribution in [0.3, 0.4) is 0 Å². The van der Waals surface area contributed by atoms with Crippen molar-refractivity contribution >= 4 is 25.8 Å². The molecule has 0 bridgehead atoms. The highest BCUT2D eigenvalue weighted by Gasteiger charge is 2.51. The van der Waals surface area contributed by atoms with Gasteiger partial charge in [0.2, 0.25) is 0 Å². The molecule has 2 rings (SSSR count). The minimum Gasteiger partial charge on any atom is -0.396 e. The fourth-order valence-corrected chi connectivity index (χ4v) is 6.55. The van der Waals surface area contributed by atoms with E-state index in [4.69, 9.17) is 5.11 Å². The number of hydrogen-bond acceptors (Lipinski definition) is 4. The van der Waals surface area contributed by atoms with Crippen LogP contribution in [0.15, 0.2) is 30.3 Å². The summed E-state index contributed by atoms with van der Waals surface area (Å²) in [7, 11) is -3.18. The van der Waals surface area contributed by atoms with E-state index < -0.39 is 19.2 Å². The molecule has 0 amide bonds. The van der Waals surface area contributed by atoms with E-state index in [-0.39, 0.29) is 18.6 Å². The monoisotopic (exact) mass is 389 g/mol. The van der Waals surface area contributed by atoms with Gasteiger partial charge in [-0.25, -0.2) is 8.42 Å². The first kappa shape index (κ1) is 17.9. The van der Waals surface area contributed by atoms with Crippen LogP contribution < -0.4 is 5.32 Å². The van der Waals surface area contributed by atoms with E-state index in [1.54, 1.807) is 6.92 Å². The highest BCUT2D eigenvalue weighted by Crippen LogP contribution is 2.43. The summed E-state index contributed by atoms with van der Waals surface area (Å²) in [4.78, 5) is 0. The van der Waals surface area contributed by atoms with Crippen LogP contribution in [0.2, 0.25) is 0 Å². The van der Waals surface area contributed by atoms with Gasteiger partial charge in [-0.1, -0.05) is 46.3 Å². The van der Waals surface area contributed by atoms with E-state index in [2.05, 4.69) is 21.2 Å². The maximum atomic E-state index is 12.5. The molecule has 0 saturated carbocycles. The number of halogens is 1. The highest BCUT2D eigenvalue weighted by molar-refractivity contribution is 9.11. The Bertz CT molecular complexity index is 564. The van der Waals surface area contributed by atoms with Crippen molar-refractivity contribution in [3.8, 4) is 0 Å². The molecule has 0 aliphatic carbocycles. The Hall–Kier alpha value is -0.430.